The highest BCUT2D eigenvalue weighted by Crippen LogP contribution is 2.37. The van der Waals surface area contributed by atoms with E-state index in [1.807, 2.05) is 18.2 Å². The molecule has 2 N–H and O–H groups in total. The number of thioether (sulfide) groups is 1. The van der Waals surface area contributed by atoms with Crippen molar-refractivity contribution in [2.75, 3.05) is 12.3 Å². The third-order valence-electron chi connectivity index (χ3n) is 4.51. The number of carbonyl (C=O) groups excluding carboxylic acids is 1. The molecule has 0 saturated carbocycles. The summed E-state index contributed by atoms with van der Waals surface area (Å²) in [6, 6.07) is 21.4. The van der Waals surface area contributed by atoms with Crippen molar-refractivity contribution in [1.82, 2.24) is 10.3 Å². The van der Waals surface area contributed by atoms with Gasteiger partial charge in [-0.15, -0.1) is 11.8 Å². The quantitative estimate of drug-likeness (QED) is 0.288. The van der Waals surface area contributed by atoms with Crippen molar-refractivity contribution in [2.45, 2.75) is 4.90 Å². The van der Waals surface area contributed by atoms with Gasteiger partial charge in [0.25, 0.3) is 5.91 Å². The summed E-state index contributed by atoms with van der Waals surface area (Å²) in [4.78, 5) is 16.8. The normalized spacial score (nSPS) is 11.0. The third kappa shape index (κ3) is 4.47. The lowest BCUT2D eigenvalue weighted by atomic mass is 10.1. The fourth-order valence-electron chi connectivity index (χ4n) is 3.14. The van der Waals surface area contributed by atoms with E-state index >= 15 is 0 Å². The van der Waals surface area contributed by atoms with Gasteiger partial charge in [-0.1, -0.05) is 35.9 Å². The maximum absolute atomic E-state index is 13.3. The highest BCUT2D eigenvalue weighted by molar-refractivity contribution is 7.99. The molecule has 3 nitrogen and oxygen atoms in total. The summed E-state index contributed by atoms with van der Waals surface area (Å²) < 4.78 is 13.3. The number of carbonyl (C=O) groups is 1. The molecular weight excluding hydrogens is 407 g/mol. The van der Waals surface area contributed by atoms with Crippen LogP contribution in [0.5, 0.6) is 0 Å². The molecule has 0 aliphatic carbocycles. The van der Waals surface area contributed by atoms with Crippen molar-refractivity contribution in [3.8, 4) is 11.3 Å². The number of aromatic amines is 1. The van der Waals surface area contributed by atoms with Gasteiger partial charge in [0.05, 0.1) is 5.69 Å². The summed E-state index contributed by atoms with van der Waals surface area (Å²) in [6.07, 6.45) is 0. The van der Waals surface area contributed by atoms with Crippen molar-refractivity contribution < 1.29 is 9.18 Å². The van der Waals surface area contributed by atoms with E-state index in [-0.39, 0.29) is 11.7 Å². The van der Waals surface area contributed by atoms with E-state index in [1.54, 1.807) is 48.2 Å². The summed E-state index contributed by atoms with van der Waals surface area (Å²) >= 11 is 7.60. The van der Waals surface area contributed by atoms with E-state index in [9.17, 15) is 9.18 Å². The number of H-pyrrole nitrogens is 1. The van der Waals surface area contributed by atoms with Crippen LogP contribution in [-0.2, 0) is 0 Å². The SMILES string of the molecule is O=C(NCCSc1c(-c2ccc(F)cc2)[nH]c2ccccc12)c1cccc(Cl)c1. The Kier molecular flexibility index (Phi) is 5.88. The lowest BCUT2D eigenvalue weighted by molar-refractivity contribution is 0.0956. The van der Waals surface area contributed by atoms with Crippen LogP contribution in [0.25, 0.3) is 22.2 Å². The molecule has 1 aromatic heterocycles. The molecule has 146 valence electrons. The molecule has 0 aliphatic heterocycles. The molecule has 6 heteroatoms. The van der Waals surface area contributed by atoms with Gasteiger partial charge in [-0.05, 0) is 54.1 Å². The van der Waals surface area contributed by atoms with E-state index in [0.717, 1.165) is 27.1 Å². The molecule has 1 heterocycles. The predicted octanol–water partition coefficient (Wildman–Crippen LogP) is 6.15. The first-order valence-electron chi connectivity index (χ1n) is 9.15. The fourth-order valence-corrected chi connectivity index (χ4v) is 4.38. The summed E-state index contributed by atoms with van der Waals surface area (Å²) in [6.45, 7) is 0.512. The van der Waals surface area contributed by atoms with Gasteiger partial charge in [-0.3, -0.25) is 4.79 Å². The lowest BCUT2D eigenvalue weighted by Gasteiger charge is -2.07. The van der Waals surface area contributed by atoms with Gasteiger partial charge >= 0.3 is 0 Å². The number of hydrogen-bond donors (Lipinski definition) is 2. The first kappa shape index (κ1) is 19.6. The van der Waals surface area contributed by atoms with Gasteiger partial charge in [0.15, 0.2) is 0 Å². The average molecular weight is 425 g/mol. The Morgan fingerprint density at radius 3 is 2.62 bits per heavy atom. The monoisotopic (exact) mass is 424 g/mol. The largest absolute Gasteiger partial charge is 0.354 e. The Morgan fingerprint density at radius 1 is 1.03 bits per heavy atom. The van der Waals surface area contributed by atoms with Gasteiger partial charge in [0.2, 0.25) is 0 Å². The first-order chi connectivity index (χ1) is 14.1. The number of rotatable bonds is 6. The maximum Gasteiger partial charge on any atom is 0.251 e. The third-order valence-corrected chi connectivity index (χ3v) is 5.87. The van der Waals surface area contributed by atoms with Crippen LogP contribution in [0.15, 0.2) is 77.7 Å². The van der Waals surface area contributed by atoms with Crippen molar-refractivity contribution in [3.63, 3.8) is 0 Å². The minimum Gasteiger partial charge on any atom is -0.354 e. The molecule has 0 bridgehead atoms. The molecule has 0 radical (unpaired) electrons. The van der Waals surface area contributed by atoms with Crippen LogP contribution >= 0.6 is 23.4 Å². The Bertz CT molecular complexity index is 1160. The van der Waals surface area contributed by atoms with E-state index in [4.69, 9.17) is 11.6 Å². The van der Waals surface area contributed by atoms with E-state index in [1.165, 1.54) is 12.1 Å². The standard InChI is InChI=1S/C23H18ClFN2OS/c24-17-5-3-4-16(14-17)23(28)26-12-13-29-22-19-6-1-2-7-20(19)27-21(22)15-8-10-18(25)11-9-15/h1-11,14,27H,12-13H2,(H,26,28). The fraction of sp³-hybridized carbons (Fsp3) is 0.0870. The van der Waals surface area contributed by atoms with Crippen molar-refractivity contribution >= 4 is 40.2 Å². The molecule has 4 aromatic rings. The molecule has 0 spiro atoms. The molecule has 4 rings (SSSR count). The Hall–Kier alpha value is -2.76. The second kappa shape index (κ2) is 8.72. The van der Waals surface area contributed by atoms with Gasteiger partial charge < -0.3 is 10.3 Å². The Balaban J connectivity index is 1.49. The van der Waals surface area contributed by atoms with Gasteiger partial charge in [0, 0.05) is 38.7 Å². The van der Waals surface area contributed by atoms with Crippen molar-refractivity contribution in [1.29, 1.82) is 0 Å². The zero-order valence-corrected chi connectivity index (χ0v) is 17.0. The van der Waals surface area contributed by atoms with Gasteiger partial charge in [-0.25, -0.2) is 4.39 Å². The Labute approximate surface area is 177 Å². The summed E-state index contributed by atoms with van der Waals surface area (Å²) in [5, 5.41) is 4.57. The van der Waals surface area contributed by atoms with Crippen LogP contribution in [0.1, 0.15) is 10.4 Å². The zero-order valence-electron chi connectivity index (χ0n) is 15.4. The van der Waals surface area contributed by atoms with E-state index < -0.39 is 0 Å². The molecule has 0 unspecified atom stereocenters. The number of hydrogen-bond acceptors (Lipinski definition) is 2. The number of amides is 1. The zero-order chi connectivity index (χ0) is 20.2. The predicted molar refractivity (Wildman–Crippen MR) is 118 cm³/mol. The number of benzene rings is 3. The minimum atomic E-state index is -0.261. The molecule has 0 aliphatic rings. The van der Waals surface area contributed by atoms with Crippen LogP contribution in [0.4, 0.5) is 4.39 Å². The number of para-hydroxylation sites is 1. The van der Waals surface area contributed by atoms with Crippen molar-refractivity contribution in [3.05, 3.63) is 89.2 Å². The minimum absolute atomic E-state index is 0.147. The van der Waals surface area contributed by atoms with Crippen LogP contribution in [0, 0.1) is 5.82 Å². The lowest BCUT2D eigenvalue weighted by Crippen LogP contribution is -2.25. The van der Waals surface area contributed by atoms with Gasteiger partial charge in [-0.2, -0.15) is 0 Å². The summed E-state index contributed by atoms with van der Waals surface area (Å²) in [5.74, 6) is 0.288. The molecule has 1 amide bonds. The van der Waals surface area contributed by atoms with Crippen molar-refractivity contribution in [2.24, 2.45) is 0 Å². The number of aromatic nitrogens is 1. The van der Waals surface area contributed by atoms with Crippen LogP contribution < -0.4 is 5.32 Å². The molecule has 0 fully saturated rings. The highest BCUT2D eigenvalue weighted by Gasteiger charge is 2.14. The van der Waals surface area contributed by atoms with Gasteiger partial charge in [0.1, 0.15) is 5.82 Å². The Morgan fingerprint density at radius 2 is 1.83 bits per heavy atom. The molecule has 0 atom stereocenters. The maximum atomic E-state index is 13.3. The second-order valence-corrected chi connectivity index (χ2v) is 8.04. The van der Waals surface area contributed by atoms with E-state index in [2.05, 4.69) is 16.4 Å². The first-order valence-corrected chi connectivity index (χ1v) is 10.5. The van der Waals surface area contributed by atoms with E-state index in [0.29, 0.717) is 22.9 Å². The molecule has 0 saturated heterocycles. The van der Waals surface area contributed by atoms with Crippen LogP contribution in [-0.4, -0.2) is 23.2 Å². The highest BCUT2D eigenvalue weighted by atomic mass is 35.5. The topological polar surface area (TPSA) is 44.9 Å². The summed E-state index contributed by atoms with van der Waals surface area (Å²) in [5.41, 5.74) is 3.45. The average Bonchev–Trinajstić information content (AvgIpc) is 3.10. The molecule has 29 heavy (non-hydrogen) atoms. The van der Waals surface area contributed by atoms with Crippen LogP contribution in [0.2, 0.25) is 5.02 Å². The second-order valence-electron chi connectivity index (χ2n) is 6.50. The number of halogens is 2. The number of fused-ring (bicyclic) bond motifs is 1. The molecule has 3 aromatic carbocycles. The number of nitrogens with one attached hydrogen (secondary N) is 2. The summed E-state index contributed by atoms with van der Waals surface area (Å²) in [7, 11) is 0. The smallest absolute Gasteiger partial charge is 0.251 e. The molecular formula is C23H18ClFN2OS. The van der Waals surface area contributed by atoms with Crippen LogP contribution in [0.3, 0.4) is 0 Å².